The van der Waals surface area contributed by atoms with Crippen molar-refractivity contribution in [3.05, 3.63) is 71.8 Å². The monoisotopic (exact) mass is 399 g/mol. The van der Waals surface area contributed by atoms with Gasteiger partial charge in [-0.05, 0) is 5.56 Å². The molecule has 0 spiro atoms. The van der Waals surface area contributed by atoms with Gasteiger partial charge in [-0.15, -0.1) is 0 Å². The van der Waals surface area contributed by atoms with E-state index in [4.69, 9.17) is 18.9 Å². The van der Waals surface area contributed by atoms with Gasteiger partial charge in [0.15, 0.2) is 12.6 Å². The summed E-state index contributed by atoms with van der Waals surface area (Å²) < 4.78 is 23.8. The number of amides is 1. The van der Waals surface area contributed by atoms with Crippen LogP contribution in [0.15, 0.2) is 60.7 Å². The van der Waals surface area contributed by atoms with Crippen molar-refractivity contribution in [1.29, 1.82) is 0 Å². The maximum Gasteiger partial charge on any atom is 0.217 e. The highest BCUT2D eigenvalue weighted by Gasteiger charge is 2.50. The molecule has 0 radical (unpaired) electrons. The molecule has 2 aromatic rings. The summed E-state index contributed by atoms with van der Waals surface area (Å²) in [6, 6.07) is 18.4. The Labute approximate surface area is 169 Å². The molecule has 0 saturated carbocycles. The third kappa shape index (κ3) is 4.66. The van der Waals surface area contributed by atoms with Crippen LogP contribution in [0.3, 0.4) is 0 Å². The van der Waals surface area contributed by atoms with Crippen LogP contribution in [0, 0.1) is 0 Å². The van der Waals surface area contributed by atoms with E-state index in [0.717, 1.165) is 11.1 Å². The number of ether oxygens (including phenoxy) is 4. The van der Waals surface area contributed by atoms with E-state index in [1.807, 2.05) is 60.7 Å². The molecule has 2 aliphatic heterocycles. The van der Waals surface area contributed by atoms with Gasteiger partial charge in [-0.1, -0.05) is 60.7 Å². The van der Waals surface area contributed by atoms with Crippen LogP contribution in [0.1, 0.15) is 24.3 Å². The predicted molar refractivity (Wildman–Crippen MR) is 104 cm³/mol. The highest BCUT2D eigenvalue weighted by molar-refractivity contribution is 5.73. The molecule has 2 heterocycles. The molecular weight excluding hydrogens is 374 g/mol. The molecule has 2 saturated heterocycles. The van der Waals surface area contributed by atoms with E-state index in [-0.39, 0.29) is 12.5 Å². The Kier molecular flexibility index (Phi) is 6.22. The van der Waals surface area contributed by atoms with Gasteiger partial charge in [-0.2, -0.15) is 0 Å². The Balaban J connectivity index is 1.48. The lowest BCUT2D eigenvalue weighted by molar-refractivity contribution is -0.345. The van der Waals surface area contributed by atoms with Crippen molar-refractivity contribution in [3.63, 3.8) is 0 Å². The first-order chi connectivity index (χ1) is 14.1. The summed E-state index contributed by atoms with van der Waals surface area (Å²) >= 11 is 0. The second-order valence-electron chi connectivity index (χ2n) is 7.23. The van der Waals surface area contributed by atoms with E-state index in [1.165, 1.54) is 6.92 Å². The Morgan fingerprint density at radius 2 is 1.79 bits per heavy atom. The maximum atomic E-state index is 11.7. The van der Waals surface area contributed by atoms with Crippen LogP contribution < -0.4 is 5.32 Å². The van der Waals surface area contributed by atoms with Crippen LogP contribution in [0.4, 0.5) is 0 Å². The van der Waals surface area contributed by atoms with Crippen molar-refractivity contribution in [2.75, 3.05) is 6.61 Å². The number of rotatable bonds is 5. The second kappa shape index (κ2) is 9.02. The van der Waals surface area contributed by atoms with Gasteiger partial charge in [0.1, 0.15) is 24.4 Å². The topological polar surface area (TPSA) is 86.3 Å². The number of benzene rings is 2. The highest BCUT2D eigenvalue weighted by atomic mass is 16.7. The number of carbonyl (C=O) groups excluding carboxylic acids is 1. The fourth-order valence-electron chi connectivity index (χ4n) is 3.65. The predicted octanol–water partition coefficient (Wildman–Crippen LogP) is 1.91. The molecule has 29 heavy (non-hydrogen) atoms. The fourth-order valence-corrected chi connectivity index (χ4v) is 3.65. The average Bonchev–Trinajstić information content (AvgIpc) is 2.75. The summed E-state index contributed by atoms with van der Waals surface area (Å²) in [5.41, 5.74) is 1.83. The average molecular weight is 399 g/mol. The molecule has 2 fully saturated rings. The number of hydrogen-bond acceptors (Lipinski definition) is 6. The third-order valence-electron chi connectivity index (χ3n) is 5.06. The molecule has 1 amide bonds. The second-order valence-corrected chi connectivity index (χ2v) is 7.23. The van der Waals surface area contributed by atoms with Gasteiger partial charge in [-0.25, -0.2) is 0 Å². The molecule has 2 aromatic carbocycles. The zero-order valence-electron chi connectivity index (χ0n) is 16.1. The molecule has 0 bridgehead atoms. The molecule has 2 N–H and O–H groups in total. The van der Waals surface area contributed by atoms with Gasteiger partial charge < -0.3 is 29.4 Å². The number of hydrogen-bond donors (Lipinski definition) is 2. The van der Waals surface area contributed by atoms with Crippen molar-refractivity contribution in [3.8, 4) is 0 Å². The van der Waals surface area contributed by atoms with Gasteiger partial charge in [0.05, 0.1) is 13.2 Å². The molecule has 6 atom stereocenters. The lowest BCUT2D eigenvalue weighted by Crippen LogP contribution is -2.66. The molecule has 0 aromatic heterocycles. The van der Waals surface area contributed by atoms with E-state index in [9.17, 15) is 9.90 Å². The molecule has 7 nitrogen and oxygen atoms in total. The number of aliphatic hydroxyl groups excluding tert-OH is 1. The standard InChI is InChI=1S/C22H25NO6/c1-14(24)23-18-19(25)20-17(13-27-21(29-20)16-10-6-3-7-11-16)28-22(18)26-12-15-8-4-2-5-9-15/h2-11,17-22,25H,12-13H2,1H3,(H,23,24)/t17-,18+,19+,20+,21+,22-/m1/s1. The lowest BCUT2D eigenvalue weighted by Gasteiger charge is -2.47. The van der Waals surface area contributed by atoms with E-state index in [1.54, 1.807) is 0 Å². The number of nitrogens with one attached hydrogen (secondary N) is 1. The van der Waals surface area contributed by atoms with E-state index < -0.39 is 36.9 Å². The Hall–Kier alpha value is -2.29. The first-order valence-corrected chi connectivity index (χ1v) is 9.70. The van der Waals surface area contributed by atoms with E-state index >= 15 is 0 Å². The van der Waals surface area contributed by atoms with Crippen LogP contribution in [-0.2, 0) is 30.3 Å². The van der Waals surface area contributed by atoms with Crippen molar-refractivity contribution in [2.45, 2.75) is 50.5 Å². The van der Waals surface area contributed by atoms with Gasteiger partial charge in [-0.3, -0.25) is 4.79 Å². The smallest absolute Gasteiger partial charge is 0.217 e. The van der Waals surface area contributed by atoms with Gasteiger partial charge in [0.2, 0.25) is 5.91 Å². The lowest BCUT2D eigenvalue weighted by atomic mass is 9.95. The first-order valence-electron chi connectivity index (χ1n) is 9.70. The van der Waals surface area contributed by atoms with Crippen molar-refractivity contribution in [1.82, 2.24) is 5.32 Å². The number of aliphatic hydroxyl groups is 1. The highest BCUT2D eigenvalue weighted by Crippen LogP contribution is 2.34. The summed E-state index contributed by atoms with van der Waals surface area (Å²) in [4.78, 5) is 11.7. The zero-order chi connectivity index (χ0) is 20.2. The molecular formula is C22H25NO6. The van der Waals surface area contributed by atoms with Crippen LogP contribution in [0.25, 0.3) is 0 Å². The Bertz CT molecular complexity index is 801. The first kappa shape index (κ1) is 20.0. The molecule has 7 heteroatoms. The maximum absolute atomic E-state index is 11.7. The number of fused-ring (bicyclic) bond motifs is 1. The molecule has 4 rings (SSSR count). The summed E-state index contributed by atoms with van der Waals surface area (Å²) in [7, 11) is 0. The molecule has 2 aliphatic rings. The minimum Gasteiger partial charge on any atom is -0.388 e. The van der Waals surface area contributed by atoms with Crippen LogP contribution >= 0.6 is 0 Å². The van der Waals surface area contributed by atoms with Crippen LogP contribution in [0.2, 0.25) is 0 Å². The summed E-state index contributed by atoms with van der Waals surface area (Å²) in [5, 5.41) is 13.7. The third-order valence-corrected chi connectivity index (χ3v) is 5.06. The van der Waals surface area contributed by atoms with Gasteiger partial charge in [0, 0.05) is 12.5 Å². The summed E-state index contributed by atoms with van der Waals surface area (Å²) in [5.74, 6) is -0.281. The summed E-state index contributed by atoms with van der Waals surface area (Å²) in [6.45, 7) is 1.93. The van der Waals surface area contributed by atoms with Crippen LogP contribution in [0.5, 0.6) is 0 Å². The van der Waals surface area contributed by atoms with Crippen molar-refractivity contribution >= 4 is 5.91 Å². The quantitative estimate of drug-likeness (QED) is 0.799. The molecule has 154 valence electrons. The van der Waals surface area contributed by atoms with Gasteiger partial charge in [0.25, 0.3) is 0 Å². The summed E-state index contributed by atoms with van der Waals surface area (Å²) in [6.07, 6.45) is -3.59. The molecule has 0 unspecified atom stereocenters. The zero-order valence-corrected chi connectivity index (χ0v) is 16.1. The Morgan fingerprint density at radius 1 is 1.10 bits per heavy atom. The largest absolute Gasteiger partial charge is 0.388 e. The SMILES string of the molecule is CC(=O)N[C@@H]1[C@H](OCc2ccccc2)O[C@@H]2CO[C@H](c3ccccc3)O[C@@H]2[C@H]1O. The van der Waals surface area contributed by atoms with E-state index in [2.05, 4.69) is 5.32 Å². The van der Waals surface area contributed by atoms with E-state index in [0.29, 0.717) is 6.61 Å². The Morgan fingerprint density at radius 3 is 2.48 bits per heavy atom. The van der Waals surface area contributed by atoms with Crippen LogP contribution in [-0.4, -0.2) is 48.3 Å². The van der Waals surface area contributed by atoms with Crippen molar-refractivity contribution < 1.29 is 28.8 Å². The minimum absolute atomic E-state index is 0.249. The van der Waals surface area contributed by atoms with Crippen molar-refractivity contribution in [2.24, 2.45) is 0 Å². The normalized spacial score (nSPS) is 31.7. The fraction of sp³-hybridized carbons (Fsp3) is 0.409. The minimum atomic E-state index is -1.01. The number of carbonyl (C=O) groups is 1. The molecule has 0 aliphatic carbocycles. The van der Waals surface area contributed by atoms with Gasteiger partial charge >= 0.3 is 0 Å².